The number of rotatable bonds is 0. The molecule has 0 aliphatic carbocycles. The molecule has 0 aromatic carbocycles. The highest BCUT2D eigenvalue weighted by atomic mass is 17.1. The Morgan fingerprint density at radius 3 is 2.90 bits per heavy atom. The van der Waals surface area contributed by atoms with Crippen LogP contribution in [0.25, 0.3) is 0 Å². The van der Waals surface area contributed by atoms with Gasteiger partial charge in [-0.15, -0.1) is 0 Å². The molecule has 1 N–H and O–H groups in total. The molecule has 1 amide bonds. The highest BCUT2D eigenvalue weighted by Gasteiger charge is 2.26. The largest absolute Gasteiger partial charge is 0.441 e. The van der Waals surface area contributed by atoms with Crippen molar-refractivity contribution in [2.75, 3.05) is 6.54 Å². The summed E-state index contributed by atoms with van der Waals surface area (Å²) in [5.74, 6) is 0. The number of amides is 1. The van der Waals surface area contributed by atoms with Crippen LogP contribution in [0, 0.1) is 0 Å². The number of hydrogen-bond acceptors (Lipinski definition) is 3. The Hall–Kier alpha value is -0.770. The van der Waals surface area contributed by atoms with Gasteiger partial charge in [-0.2, -0.15) is 5.26 Å². The van der Waals surface area contributed by atoms with Gasteiger partial charge in [0.2, 0.25) is 0 Å². The minimum absolute atomic E-state index is 0.208. The van der Waals surface area contributed by atoms with Gasteiger partial charge in [0.05, 0.1) is 0 Å². The van der Waals surface area contributed by atoms with Crippen molar-refractivity contribution in [2.45, 2.75) is 25.8 Å². The van der Waals surface area contributed by atoms with Gasteiger partial charge in [-0.05, 0) is 19.8 Å². The maximum absolute atomic E-state index is 10.7. The van der Waals surface area contributed by atoms with Gasteiger partial charge in [0.25, 0.3) is 0 Å². The first-order chi connectivity index (χ1) is 4.75. The highest BCUT2D eigenvalue weighted by Crippen LogP contribution is 2.16. The van der Waals surface area contributed by atoms with Gasteiger partial charge in [0.15, 0.2) is 0 Å². The van der Waals surface area contributed by atoms with Crippen LogP contribution in [0.3, 0.4) is 0 Å². The van der Waals surface area contributed by atoms with E-state index in [1.807, 2.05) is 6.92 Å². The average Bonchev–Trinajstić information content (AvgIpc) is 2.34. The van der Waals surface area contributed by atoms with Crippen LogP contribution in [0.5, 0.6) is 0 Å². The lowest BCUT2D eigenvalue weighted by Crippen LogP contribution is -2.33. The van der Waals surface area contributed by atoms with Crippen LogP contribution in [0.15, 0.2) is 0 Å². The Balaban J connectivity index is 2.46. The standard InChI is InChI=1S/C6H11NO3/c1-5-3-2-4-7(5)6(8)10-9/h5,9H,2-4H2,1H3. The second-order valence-corrected chi connectivity index (χ2v) is 2.54. The molecule has 0 saturated carbocycles. The lowest BCUT2D eigenvalue weighted by atomic mass is 10.2. The Morgan fingerprint density at radius 1 is 1.80 bits per heavy atom. The van der Waals surface area contributed by atoms with Crippen LogP contribution in [-0.2, 0) is 4.89 Å². The molecular weight excluding hydrogens is 134 g/mol. The van der Waals surface area contributed by atoms with Crippen LogP contribution in [0.1, 0.15) is 19.8 Å². The van der Waals surface area contributed by atoms with E-state index in [1.165, 1.54) is 4.90 Å². The van der Waals surface area contributed by atoms with Gasteiger partial charge < -0.3 is 4.90 Å². The SMILES string of the molecule is CC1CCCN1C(=O)OO. The molecule has 10 heavy (non-hydrogen) atoms. The van der Waals surface area contributed by atoms with Crippen molar-refractivity contribution < 1.29 is 14.9 Å². The minimum Gasteiger partial charge on any atom is -0.303 e. The number of likely N-dealkylation sites (tertiary alicyclic amines) is 1. The third-order valence-corrected chi connectivity index (χ3v) is 1.87. The van der Waals surface area contributed by atoms with Gasteiger partial charge >= 0.3 is 6.09 Å². The second kappa shape index (κ2) is 2.88. The molecule has 1 saturated heterocycles. The number of nitrogens with zero attached hydrogens (tertiary/aromatic N) is 1. The molecule has 1 aliphatic heterocycles. The summed E-state index contributed by atoms with van der Waals surface area (Å²) in [5.41, 5.74) is 0. The predicted octanol–water partition coefficient (Wildman–Crippen LogP) is 1.08. The molecule has 0 aromatic rings. The van der Waals surface area contributed by atoms with Gasteiger partial charge in [-0.25, -0.2) is 4.79 Å². The Bertz CT molecular complexity index is 137. The molecule has 1 aliphatic rings. The molecule has 4 heteroatoms. The zero-order valence-electron chi connectivity index (χ0n) is 5.91. The number of carbonyl (C=O) groups excluding carboxylic acids is 1. The smallest absolute Gasteiger partial charge is 0.303 e. The van der Waals surface area contributed by atoms with E-state index in [9.17, 15) is 4.79 Å². The molecule has 1 rings (SSSR count). The molecule has 58 valence electrons. The Labute approximate surface area is 59.3 Å². The fourth-order valence-electron chi connectivity index (χ4n) is 1.26. The quantitative estimate of drug-likeness (QED) is 0.410. The van der Waals surface area contributed by atoms with E-state index in [-0.39, 0.29) is 6.04 Å². The van der Waals surface area contributed by atoms with E-state index in [4.69, 9.17) is 5.26 Å². The van der Waals surface area contributed by atoms with E-state index in [0.29, 0.717) is 6.54 Å². The fraction of sp³-hybridized carbons (Fsp3) is 0.833. The Kier molecular flexibility index (Phi) is 2.11. The fourth-order valence-corrected chi connectivity index (χ4v) is 1.26. The molecule has 1 heterocycles. The van der Waals surface area contributed by atoms with Gasteiger partial charge in [-0.1, -0.05) is 0 Å². The van der Waals surface area contributed by atoms with Crippen molar-refractivity contribution in [1.82, 2.24) is 4.90 Å². The number of carbonyl (C=O) groups is 1. The van der Waals surface area contributed by atoms with E-state index >= 15 is 0 Å². The van der Waals surface area contributed by atoms with Gasteiger partial charge in [0, 0.05) is 12.6 Å². The molecular formula is C6H11NO3. The summed E-state index contributed by atoms with van der Waals surface area (Å²) in [6.07, 6.45) is 1.36. The summed E-state index contributed by atoms with van der Waals surface area (Å²) >= 11 is 0. The van der Waals surface area contributed by atoms with E-state index in [1.54, 1.807) is 0 Å². The molecule has 4 nitrogen and oxygen atoms in total. The average molecular weight is 145 g/mol. The normalized spacial score (nSPS) is 25.0. The van der Waals surface area contributed by atoms with Crippen LogP contribution in [0.2, 0.25) is 0 Å². The first kappa shape index (κ1) is 7.34. The van der Waals surface area contributed by atoms with E-state index in [2.05, 4.69) is 4.89 Å². The van der Waals surface area contributed by atoms with Crippen molar-refractivity contribution in [2.24, 2.45) is 0 Å². The molecule has 0 bridgehead atoms. The molecule has 1 atom stereocenters. The summed E-state index contributed by atoms with van der Waals surface area (Å²) in [4.78, 5) is 15.8. The first-order valence-electron chi connectivity index (χ1n) is 3.37. The van der Waals surface area contributed by atoms with Crippen LogP contribution in [0.4, 0.5) is 4.79 Å². The first-order valence-corrected chi connectivity index (χ1v) is 3.37. The summed E-state index contributed by atoms with van der Waals surface area (Å²) < 4.78 is 0. The molecule has 0 radical (unpaired) electrons. The second-order valence-electron chi connectivity index (χ2n) is 2.54. The molecule has 1 fully saturated rings. The summed E-state index contributed by atoms with van der Waals surface area (Å²) in [6, 6.07) is 0.208. The Morgan fingerprint density at radius 2 is 2.50 bits per heavy atom. The summed E-state index contributed by atoms with van der Waals surface area (Å²) in [5, 5.41) is 8.02. The van der Waals surface area contributed by atoms with Crippen molar-refractivity contribution in [3.05, 3.63) is 0 Å². The van der Waals surface area contributed by atoms with Crippen molar-refractivity contribution >= 4 is 6.09 Å². The van der Waals surface area contributed by atoms with Crippen LogP contribution in [-0.4, -0.2) is 28.8 Å². The summed E-state index contributed by atoms with van der Waals surface area (Å²) in [6.45, 7) is 2.63. The predicted molar refractivity (Wildman–Crippen MR) is 34.5 cm³/mol. The molecule has 0 aromatic heterocycles. The maximum atomic E-state index is 10.7. The van der Waals surface area contributed by atoms with Crippen LogP contribution >= 0.6 is 0 Å². The highest BCUT2D eigenvalue weighted by molar-refractivity contribution is 5.67. The third-order valence-electron chi connectivity index (χ3n) is 1.87. The van der Waals surface area contributed by atoms with E-state index < -0.39 is 6.09 Å². The summed E-state index contributed by atoms with van der Waals surface area (Å²) in [7, 11) is 0. The third kappa shape index (κ3) is 1.21. The van der Waals surface area contributed by atoms with Crippen molar-refractivity contribution in [3.8, 4) is 0 Å². The lowest BCUT2D eigenvalue weighted by Gasteiger charge is -2.17. The van der Waals surface area contributed by atoms with E-state index in [0.717, 1.165) is 12.8 Å². The van der Waals surface area contributed by atoms with Crippen molar-refractivity contribution in [3.63, 3.8) is 0 Å². The maximum Gasteiger partial charge on any atom is 0.441 e. The zero-order chi connectivity index (χ0) is 7.56. The lowest BCUT2D eigenvalue weighted by molar-refractivity contribution is -0.188. The van der Waals surface area contributed by atoms with Crippen molar-refractivity contribution in [1.29, 1.82) is 0 Å². The topological polar surface area (TPSA) is 49.8 Å². The zero-order valence-corrected chi connectivity index (χ0v) is 5.91. The number of hydrogen-bond donors (Lipinski definition) is 1. The van der Waals surface area contributed by atoms with Gasteiger partial charge in [-0.3, -0.25) is 4.89 Å². The monoisotopic (exact) mass is 145 g/mol. The minimum atomic E-state index is -0.634. The molecule has 0 spiro atoms. The van der Waals surface area contributed by atoms with Gasteiger partial charge in [0.1, 0.15) is 0 Å². The van der Waals surface area contributed by atoms with Crippen LogP contribution < -0.4 is 0 Å². The molecule has 1 unspecified atom stereocenters.